The summed E-state index contributed by atoms with van der Waals surface area (Å²) in [5.41, 5.74) is 3.71. The summed E-state index contributed by atoms with van der Waals surface area (Å²) in [5, 5.41) is 12.6. The number of nitrogens with one attached hydrogen (secondary N) is 1. The highest BCUT2D eigenvalue weighted by Gasteiger charge is 2.14. The molecule has 0 aliphatic carbocycles. The average molecular weight is 382 g/mol. The highest BCUT2D eigenvalue weighted by Crippen LogP contribution is 2.22. The number of alkyl halides is 2. The van der Waals surface area contributed by atoms with E-state index >= 15 is 0 Å². The molecule has 0 aliphatic heterocycles. The molecule has 1 aromatic heterocycles. The number of hydrogen-bond acceptors (Lipinski definition) is 4. The van der Waals surface area contributed by atoms with Crippen molar-refractivity contribution in [2.45, 2.75) is 17.5 Å². The van der Waals surface area contributed by atoms with Crippen LogP contribution in [0.5, 0.6) is 0 Å². The number of benzene rings is 1. The van der Waals surface area contributed by atoms with Crippen molar-refractivity contribution in [2.75, 3.05) is 20.6 Å². The van der Waals surface area contributed by atoms with E-state index < -0.39 is 16.8 Å². The van der Waals surface area contributed by atoms with Crippen LogP contribution in [-0.4, -0.2) is 46.4 Å². The maximum atomic E-state index is 11.3. The number of halogens is 2. The normalized spacial score (nSPS) is 12.4. The van der Waals surface area contributed by atoms with Crippen LogP contribution in [0, 0.1) is 0 Å². The number of nitrogens with zero attached hydrogens (tertiary/aromatic N) is 2. The molecule has 5 nitrogen and oxygen atoms in total. The lowest BCUT2D eigenvalue weighted by Gasteiger charge is -2.13. The molecule has 1 amide bonds. The van der Waals surface area contributed by atoms with Crippen LogP contribution in [0.15, 0.2) is 42.6 Å². The summed E-state index contributed by atoms with van der Waals surface area (Å²) >= 11 is 10.9. The quantitative estimate of drug-likeness (QED) is 0.723. The summed E-state index contributed by atoms with van der Waals surface area (Å²) in [7, 11) is 4.00. The number of hydrogen-bond donors (Lipinski definition) is 2. The van der Waals surface area contributed by atoms with Crippen molar-refractivity contribution in [3.8, 4) is 11.1 Å². The molecule has 0 saturated heterocycles. The molecular weight excluding hydrogens is 361 g/mol. The predicted molar refractivity (Wildman–Crippen MR) is 101 cm³/mol. The fourth-order valence-electron chi connectivity index (χ4n) is 2.30. The second-order valence-corrected chi connectivity index (χ2v) is 7.06. The first-order chi connectivity index (χ1) is 11.9. The minimum atomic E-state index is -1.14. The molecular formula is C18H21Cl2N3O2. The zero-order chi connectivity index (χ0) is 18.4. The Morgan fingerprint density at radius 2 is 1.80 bits per heavy atom. The fraction of sp³-hybridized carbons (Fsp3) is 0.333. The van der Waals surface area contributed by atoms with E-state index in [1.54, 1.807) is 0 Å². The fourth-order valence-corrected chi connectivity index (χ4v) is 2.46. The molecule has 1 heterocycles. The number of aliphatic hydroxyl groups is 1. The number of aromatic nitrogens is 1. The van der Waals surface area contributed by atoms with Crippen molar-refractivity contribution in [2.24, 2.45) is 0 Å². The monoisotopic (exact) mass is 381 g/mol. The largest absolute Gasteiger partial charge is 0.387 e. The number of rotatable bonds is 7. The summed E-state index contributed by atoms with van der Waals surface area (Å²) in [6.07, 6.45) is 1.01. The maximum absolute atomic E-state index is 11.3. The second kappa shape index (κ2) is 9.15. The Hall–Kier alpha value is -1.66. The van der Waals surface area contributed by atoms with Gasteiger partial charge in [0.25, 0.3) is 5.91 Å². The minimum absolute atomic E-state index is 0.0505. The van der Waals surface area contributed by atoms with Crippen molar-refractivity contribution < 1.29 is 9.90 Å². The Balaban J connectivity index is 2.00. The first kappa shape index (κ1) is 19.7. The van der Waals surface area contributed by atoms with Gasteiger partial charge >= 0.3 is 0 Å². The molecule has 0 aliphatic rings. The molecule has 2 rings (SSSR count). The highest BCUT2D eigenvalue weighted by molar-refractivity contribution is 6.53. The van der Waals surface area contributed by atoms with E-state index in [0.29, 0.717) is 5.56 Å². The van der Waals surface area contributed by atoms with Gasteiger partial charge in [-0.3, -0.25) is 9.78 Å². The van der Waals surface area contributed by atoms with Gasteiger partial charge in [0, 0.05) is 24.8 Å². The van der Waals surface area contributed by atoms with Gasteiger partial charge < -0.3 is 15.3 Å². The molecule has 2 aromatic rings. The minimum Gasteiger partial charge on any atom is -0.387 e. The number of aliphatic hydroxyl groups excluding tert-OH is 1. The Morgan fingerprint density at radius 3 is 2.32 bits per heavy atom. The van der Waals surface area contributed by atoms with Crippen molar-refractivity contribution >= 4 is 29.1 Å². The van der Waals surface area contributed by atoms with Crippen LogP contribution in [-0.2, 0) is 11.3 Å². The Bertz CT molecular complexity index is 688. The number of pyridine rings is 1. The van der Waals surface area contributed by atoms with Crippen LogP contribution in [0.4, 0.5) is 0 Å². The number of amides is 1. The standard InChI is InChI=1S/C18H21Cl2N3O2/c1-23(2)11-15-8-7-14(9-21-15)12-3-5-13(6-4-12)16(24)10-22-18(25)17(19)20/h3-9,16-17,24H,10-11H2,1-2H3,(H,22,25)/t16-/m0/s1. The lowest BCUT2D eigenvalue weighted by Crippen LogP contribution is -2.32. The molecule has 0 radical (unpaired) electrons. The summed E-state index contributed by atoms with van der Waals surface area (Å²) in [5.74, 6) is -0.525. The van der Waals surface area contributed by atoms with Crippen LogP contribution < -0.4 is 5.32 Å². The van der Waals surface area contributed by atoms with Crippen LogP contribution in [0.3, 0.4) is 0 Å². The average Bonchev–Trinajstić information content (AvgIpc) is 2.59. The summed E-state index contributed by atoms with van der Waals surface area (Å²) in [4.78, 5) is 16.7. The van der Waals surface area contributed by atoms with Crippen molar-refractivity contribution in [1.82, 2.24) is 15.2 Å². The second-order valence-electron chi connectivity index (χ2n) is 5.96. The van der Waals surface area contributed by atoms with Crippen LogP contribution >= 0.6 is 23.2 Å². The van der Waals surface area contributed by atoms with Crippen LogP contribution in [0.2, 0.25) is 0 Å². The topological polar surface area (TPSA) is 65.5 Å². The molecule has 0 unspecified atom stereocenters. The van der Waals surface area contributed by atoms with E-state index in [0.717, 1.165) is 23.4 Å². The van der Waals surface area contributed by atoms with Crippen molar-refractivity contribution in [3.05, 3.63) is 53.9 Å². The Morgan fingerprint density at radius 1 is 1.16 bits per heavy atom. The van der Waals surface area contributed by atoms with Crippen molar-refractivity contribution in [3.63, 3.8) is 0 Å². The summed E-state index contributed by atoms with van der Waals surface area (Å²) in [6, 6.07) is 11.5. The van der Waals surface area contributed by atoms with Gasteiger partial charge in [0.2, 0.25) is 0 Å². The molecule has 2 N–H and O–H groups in total. The van der Waals surface area contributed by atoms with E-state index in [1.165, 1.54) is 0 Å². The van der Waals surface area contributed by atoms with E-state index in [4.69, 9.17) is 23.2 Å². The third-order valence-electron chi connectivity index (χ3n) is 3.60. The van der Waals surface area contributed by atoms with Crippen LogP contribution in [0.1, 0.15) is 17.4 Å². The van der Waals surface area contributed by atoms with Gasteiger partial charge in [-0.15, -0.1) is 0 Å². The van der Waals surface area contributed by atoms with Gasteiger partial charge in [-0.25, -0.2) is 0 Å². The molecule has 0 saturated carbocycles. The molecule has 134 valence electrons. The summed E-state index contributed by atoms with van der Waals surface area (Å²) in [6.45, 7) is 0.845. The summed E-state index contributed by atoms with van der Waals surface area (Å²) < 4.78 is 0. The molecule has 7 heteroatoms. The molecule has 0 fully saturated rings. The number of carbonyl (C=O) groups is 1. The molecule has 1 atom stereocenters. The van der Waals surface area contributed by atoms with Crippen LogP contribution in [0.25, 0.3) is 11.1 Å². The van der Waals surface area contributed by atoms with Gasteiger partial charge in [0.15, 0.2) is 4.84 Å². The highest BCUT2D eigenvalue weighted by atomic mass is 35.5. The molecule has 1 aromatic carbocycles. The third-order valence-corrected chi connectivity index (χ3v) is 4.00. The first-order valence-corrected chi connectivity index (χ1v) is 8.68. The molecule has 0 bridgehead atoms. The van der Waals surface area contributed by atoms with E-state index in [-0.39, 0.29) is 6.54 Å². The smallest absolute Gasteiger partial charge is 0.253 e. The number of carbonyl (C=O) groups excluding carboxylic acids is 1. The van der Waals surface area contributed by atoms with E-state index in [1.807, 2.05) is 56.7 Å². The lowest BCUT2D eigenvalue weighted by atomic mass is 10.0. The lowest BCUT2D eigenvalue weighted by molar-refractivity contribution is -0.119. The first-order valence-electron chi connectivity index (χ1n) is 7.80. The molecule has 0 spiro atoms. The predicted octanol–water partition coefficient (Wildman–Crippen LogP) is 2.76. The zero-order valence-corrected chi connectivity index (χ0v) is 15.6. The van der Waals surface area contributed by atoms with Gasteiger partial charge in [-0.05, 0) is 31.3 Å². The third kappa shape index (κ3) is 5.97. The van der Waals surface area contributed by atoms with Gasteiger partial charge in [0.1, 0.15) is 0 Å². The molecule has 25 heavy (non-hydrogen) atoms. The van der Waals surface area contributed by atoms with Gasteiger partial charge in [-0.1, -0.05) is 53.5 Å². The SMILES string of the molecule is CN(C)Cc1ccc(-c2ccc([C@@H](O)CNC(=O)C(Cl)Cl)cc2)cn1. The Labute approximate surface area is 157 Å². The van der Waals surface area contributed by atoms with Gasteiger partial charge in [-0.2, -0.15) is 0 Å². The Kier molecular flexibility index (Phi) is 7.20. The van der Waals surface area contributed by atoms with E-state index in [9.17, 15) is 9.90 Å². The zero-order valence-electron chi connectivity index (χ0n) is 14.1. The van der Waals surface area contributed by atoms with Crippen molar-refractivity contribution in [1.29, 1.82) is 0 Å². The maximum Gasteiger partial charge on any atom is 0.253 e. The van der Waals surface area contributed by atoms with Gasteiger partial charge in [0.05, 0.1) is 11.8 Å². The van der Waals surface area contributed by atoms with E-state index in [2.05, 4.69) is 15.2 Å².